The van der Waals surface area contributed by atoms with Crippen LogP contribution in [0.5, 0.6) is 0 Å². The quantitative estimate of drug-likeness (QED) is 0.403. The summed E-state index contributed by atoms with van der Waals surface area (Å²) in [6.07, 6.45) is 5.58. The first-order valence-corrected chi connectivity index (χ1v) is 11.5. The van der Waals surface area contributed by atoms with Crippen molar-refractivity contribution in [3.8, 4) is 11.1 Å². The van der Waals surface area contributed by atoms with Crippen LogP contribution < -0.4 is 10.2 Å². The van der Waals surface area contributed by atoms with E-state index in [4.69, 9.17) is 0 Å². The zero-order chi connectivity index (χ0) is 20.5. The molecule has 2 aromatic carbocycles. The van der Waals surface area contributed by atoms with Gasteiger partial charge in [-0.3, -0.25) is 0 Å². The Morgan fingerprint density at radius 2 is 1.70 bits per heavy atom. The predicted molar refractivity (Wildman–Crippen MR) is 128 cm³/mol. The van der Waals surface area contributed by atoms with Crippen molar-refractivity contribution in [2.24, 2.45) is 0 Å². The Morgan fingerprint density at radius 1 is 0.900 bits per heavy atom. The van der Waals surface area contributed by atoms with Gasteiger partial charge in [-0.2, -0.15) is 0 Å². The minimum atomic E-state index is 0.861. The zero-order valence-corrected chi connectivity index (χ0v) is 18.3. The van der Waals surface area contributed by atoms with Crippen molar-refractivity contribution < 1.29 is 0 Å². The average molecular weight is 415 g/mol. The largest absolute Gasteiger partial charge is 0.372 e. The van der Waals surface area contributed by atoms with E-state index in [2.05, 4.69) is 81.9 Å². The molecule has 4 nitrogen and oxygen atoms in total. The molecule has 5 heteroatoms. The minimum Gasteiger partial charge on any atom is -0.372 e. The molecular weight excluding hydrogens is 388 g/mol. The van der Waals surface area contributed by atoms with Gasteiger partial charge in [0.15, 0.2) is 0 Å². The smallest absolute Gasteiger partial charge is 0.143 e. The lowest BCUT2D eigenvalue weighted by Gasteiger charge is -2.28. The molecule has 1 aliphatic rings. The molecule has 30 heavy (non-hydrogen) atoms. The number of fused-ring (bicyclic) bond motifs is 1. The molecule has 0 aliphatic carbocycles. The second-order valence-corrected chi connectivity index (χ2v) is 8.93. The topological polar surface area (TPSA) is 41.1 Å². The third-order valence-corrected chi connectivity index (χ3v) is 6.93. The number of aromatic nitrogens is 2. The molecule has 0 unspecified atom stereocenters. The third kappa shape index (κ3) is 3.65. The van der Waals surface area contributed by atoms with Crippen LogP contribution >= 0.6 is 11.3 Å². The lowest BCUT2D eigenvalue weighted by Crippen LogP contribution is -2.29. The Kier molecular flexibility index (Phi) is 5.13. The van der Waals surface area contributed by atoms with Gasteiger partial charge in [-0.05, 0) is 74.1 Å². The van der Waals surface area contributed by atoms with Gasteiger partial charge in [-0.15, -0.1) is 11.3 Å². The number of hydrogen-bond donors (Lipinski definition) is 1. The van der Waals surface area contributed by atoms with E-state index in [-0.39, 0.29) is 0 Å². The average Bonchev–Trinajstić information content (AvgIpc) is 3.22. The molecular formula is C25H26N4S. The maximum atomic E-state index is 4.59. The fraction of sp³-hybridized carbons (Fsp3) is 0.280. The lowest BCUT2D eigenvalue weighted by molar-refractivity contribution is 0.578. The molecule has 4 aromatic rings. The maximum absolute atomic E-state index is 4.59. The predicted octanol–water partition coefficient (Wildman–Crippen LogP) is 6.71. The normalized spacial score (nSPS) is 14.3. The molecule has 2 aromatic heterocycles. The first-order chi connectivity index (χ1) is 14.7. The highest BCUT2D eigenvalue weighted by Crippen LogP contribution is 2.38. The maximum Gasteiger partial charge on any atom is 0.143 e. The van der Waals surface area contributed by atoms with Crippen molar-refractivity contribution in [2.75, 3.05) is 23.3 Å². The van der Waals surface area contributed by atoms with E-state index < -0.39 is 0 Å². The number of benzene rings is 2. The van der Waals surface area contributed by atoms with Crippen LogP contribution in [-0.4, -0.2) is 23.1 Å². The van der Waals surface area contributed by atoms with Gasteiger partial charge in [-0.25, -0.2) is 9.97 Å². The van der Waals surface area contributed by atoms with Crippen molar-refractivity contribution in [3.05, 3.63) is 65.3 Å². The van der Waals surface area contributed by atoms with E-state index in [1.165, 1.54) is 47.2 Å². The van der Waals surface area contributed by atoms with Gasteiger partial charge in [0.05, 0.1) is 5.39 Å². The summed E-state index contributed by atoms with van der Waals surface area (Å²) < 4.78 is 0. The molecule has 5 rings (SSSR count). The highest BCUT2D eigenvalue weighted by Gasteiger charge is 2.15. The molecule has 3 heterocycles. The van der Waals surface area contributed by atoms with Crippen LogP contribution in [0.3, 0.4) is 0 Å². The van der Waals surface area contributed by atoms with Gasteiger partial charge in [0.25, 0.3) is 0 Å². The van der Waals surface area contributed by atoms with Gasteiger partial charge in [0, 0.05) is 35.4 Å². The molecule has 1 fully saturated rings. The summed E-state index contributed by atoms with van der Waals surface area (Å²) in [5.41, 5.74) is 7.36. The van der Waals surface area contributed by atoms with Gasteiger partial charge in [0.1, 0.15) is 17.0 Å². The van der Waals surface area contributed by atoms with E-state index in [9.17, 15) is 0 Å². The van der Waals surface area contributed by atoms with Crippen LogP contribution in [-0.2, 0) is 0 Å². The molecule has 1 saturated heterocycles. The van der Waals surface area contributed by atoms with Gasteiger partial charge in [-0.1, -0.05) is 18.2 Å². The Balaban J connectivity index is 1.47. The lowest BCUT2D eigenvalue weighted by atomic mass is 10.0. The molecule has 152 valence electrons. The summed E-state index contributed by atoms with van der Waals surface area (Å²) in [4.78, 5) is 12.6. The van der Waals surface area contributed by atoms with Crippen LogP contribution in [0.25, 0.3) is 21.3 Å². The SMILES string of the molecule is Cc1ccc(-c2csc3ncnc(Nc4ccc(N5CCCCC5)cc4)c23)cc1C. The van der Waals surface area contributed by atoms with E-state index >= 15 is 0 Å². The molecule has 0 radical (unpaired) electrons. The van der Waals surface area contributed by atoms with Crippen LogP contribution in [0.15, 0.2) is 54.2 Å². The monoisotopic (exact) mass is 414 g/mol. The number of nitrogens with one attached hydrogen (secondary N) is 1. The van der Waals surface area contributed by atoms with Crippen molar-refractivity contribution in [3.63, 3.8) is 0 Å². The summed E-state index contributed by atoms with van der Waals surface area (Å²) in [5, 5.41) is 6.81. The second kappa shape index (κ2) is 8.07. The highest BCUT2D eigenvalue weighted by atomic mass is 32.1. The third-order valence-electron chi connectivity index (χ3n) is 6.04. The molecule has 0 atom stereocenters. The summed E-state index contributed by atoms with van der Waals surface area (Å²) in [6, 6.07) is 15.4. The van der Waals surface area contributed by atoms with E-state index in [0.29, 0.717) is 0 Å². The fourth-order valence-corrected chi connectivity index (χ4v) is 5.05. The number of rotatable bonds is 4. The molecule has 1 N–H and O–H groups in total. The number of aryl methyl sites for hydroxylation is 2. The second-order valence-electron chi connectivity index (χ2n) is 8.07. The van der Waals surface area contributed by atoms with Gasteiger partial charge < -0.3 is 10.2 Å². The number of anilines is 3. The van der Waals surface area contributed by atoms with Gasteiger partial charge in [0.2, 0.25) is 0 Å². The summed E-state index contributed by atoms with van der Waals surface area (Å²) in [5.74, 6) is 0.861. The molecule has 0 bridgehead atoms. The van der Waals surface area contributed by atoms with E-state index in [1.807, 2.05) is 0 Å². The van der Waals surface area contributed by atoms with Gasteiger partial charge >= 0.3 is 0 Å². The Hall–Kier alpha value is -2.92. The summed E-state index contributed by atoms with van der Waals surface area (Å²) in [6.45, 7) is 6.63. The number of piperidine rings is 1. The highest BCUT2D eigenvalue weighted by molar-refractivity contribution is 7.17. The summed E-state index contributed by atoms with van der Waals surface area (Å²) >= 11 is 1.67. The number of nitrogens with zero attached hydrogens (tertiary/aromatic N) is 3. The Labute approximate surface area is 181 Å². The number of thiophene rings is 1. The van der Waals surface area contributed by atoms with Crippen LogP contribution in [0.2, 0.25) is 0 Å². The fourth-order valence-electron chi connectivity index (χ4n) is 4.14. The van der Waals surface area contributed by atoms with E-state index in [1.54, 1.807) is 17.7 Å². The molecule has 0 saturated carbocycles. The van der Waals surface area contributed by atoms with Crippen LogP contribution in [0, 0.1) is 13.8 Å². The summed E-state index contributed by atoms with van der Waals surface area (Å²) in [7, 11) is 0. The minimum absolute atomic E-state index is 0.861. The zero-order valence-electron chi connectivity index (χ0n) is 17.5. The van der Waals surface area contributed by atoms with Crippen molar-refractivity contribution in [2.45, 2.75) is 33.1 Å². The van der Waals surface area contributed by atoms with E-state index in [0.717, 1.165) is 34.8 Å². The van der Waals surface area contributed by atoms with Crippen molar-refractivity contribution in [1.29, 1.82) is 0 Å². The van der Waals surface area contributed by atoms with Crippen LogP contribution in [0.1, 0.15) is 30.4 Å². The van der Waals surface area contributed by atoms with Crippen LogP contribution in [0.4, 0.5) is 17.2 Å². The first kappa shape index (κ1) is 19.1. The van der Waals surface area contributed by atoms with Crippen molar-refractivity contribution >= 4 is 38.7 Å². The molecule has 0 spiro atoms. The standard InChI is InChI=1S/C25H26N4S/c1-17-6-7-19(14-18(17)2)22-15-30-25-23(22)24(26-16-27-25)28-20-8-10-21(11-9-20)29-12-4-3-5-13-29/h6-11,14-16H,3-5,12-13H2,1-2H3,(H,26,27,28). The number of hydrogen-bond acceptors (Lipinski definition) is 5. The Bertz CT molecular complexity index is 1170. The van der Waals surface area contributed by atoms with Crippen molar-refractivity contribution in [1.82, 2.24) is 9.97 Å². The molecule has 0 amide bonds. The Morgan fingerprint density at radius 3 is 2.47 bits per heavy atom. The first-order valence-electron chi connectivity index (χ1n) is 10.6. The molecule has 1 aliphatic heterocycles.